The summed E-state index contributed by atoms with van der Waals surface area (Å²) in [6, 6.07) is 4.79. The number of pyridine rings is 1. The first-order chi connectivity index (χ1) is 14.2. The van der Waals surface area contributed by atoms with Crippen LogP contribution in [0.4, 0.5) is 0 Å². The molecule has 3 aliphatic heterocycles. The maximum Gasteiger partial charge on any atom is 0.226 e. The molecule has 160 valence electrons. The first-order valence-electron chi connectivity index (χ1n) is 11.5. The highest BCUT2D eigenvalue weighted by Gasteiger charge is 2.34. The first-order valence-corrected chi connectivity index (χ1v) is 11.5. The second kappa shape index (κ2) is 10.0. The van der Waals surface area contributed by atoms with Gasteiger partial charge in [-0.15, -0.1) is 0 Å². The number of aliphatic hydroxyl groups excluding tert-OH is 1. The molecule has 0 radical (unpaired) electrons. The molecule has 3 saturated heterocycles. The molecule has 1 N–H and O–H groups in total. The van der Waals surface area contributed by atoms with E-state index < -0.39 is 0 Å². The molecular formula is C23H36N4O2. The minimum absolute atomic E-state index is 0.169. The predicted octanol–water partition coefficient (Wildman–Crippen LogP) is 1.99. The third kappa shape index (κ3) is 5.36. The Morgan fingerprint density at radius 3 is 2.55 bits per heavy atom. The summed E-state index contributed by atoms with van der Waals surface area (Å²) in [7, 11) is 0. The molecule has 29 heavy (non-hydrogen) atoms. The van der Waals surface area contributed by atoms with E-state index in [9.17, 15) is 9.90 Å². The van der Waals surface area contributed by atoms with Crippen LogP contribution in [-0.2, 0) is 11.3 Å². The zero-order chi connectivity index (χ0) is 20.1. The van der Waals surface area contributed by atoms with Gasteiger partial charge in [0.05, 0.1) is 5.92 Å². The smallest absolute Gasteiger partial charge is 0.226 e. The molecule has 1 aromatic rings. The molecule has 1 atom stereocenters. The standard InChI is InChI=1S/C23H36N4O2/c28-18-19-5-13-26(14-6-19)23(29)21-4-2-10-27(17-21)22-7-11-25(12-8-22)16-20-3-1-9-24-15-20/h1,3,9,15,19,21-22,28H,2,4-8,10-14,16-18H2/t21-/m0/s1. The number of aromatic nitrogens is 1. The number of aliphatic hydroxyl groups is 1. The number of rotatable bonds is 5. The van der Waals surface area contributed by atoms with Gasteiger partial charge in [-0.1, -0.05) is 6.07 Å². The summed E-state index contributed by atoms with van der Waals surface area (Å²) < 4.78 is 0. The van der Waals surface area contributed by atoms with Gasteiger partial charge in [0.1, 0.15) is 0 Å². The van der Waals surface area contributed by atoms with Crippen LogP contribution in [0.2, 0.25) is 0 Å². The van der Waals surface area contributed by atoms with Crippen LogP contribution in [0, 0.1) is 11.8 Å². The maximum absolute atomic E-state index is 13.1. The fraction of sp³-hybridized carbons (Fsp3) is 0.739. The van der Waals surface area contributed by atoms with Crippen molar-refractivity contribution in [3.05, 3.63) is 30.1 Å². The van der Waals surface area contributed by atoms with Crippen LogP contribution in [-0.4, -0.2) is 82.6 Å². The quantitative estimate of drug-likeness (QED) is 0.819. The molecule has 0 spiro atoms. The average Bonchev–Trinajstić information content (AvgIpc) is 2.80. The Labute approximate surface area is 174 Å². The van der Waals surface area contributed by atoms with Gasteiger partial charge in [-0.2, -0.15) is 0 Å². The van der Waals surface area contributed by atoms with Crippen LogP contribution in [0.1, 0.15) is 44.1 Å². The van der Waals surface area contributed by atoms with Crippen LogP contribution in [0.25, 0.3) is 0 Å². The number of amides is 1. The first kappa shape index (κ1) is 20.8. The lowest BCUT2D eigenvalue weighted by molar-refractivity contribution is -0.139. The van der Waals surface area contributed by atoms with Crippen LogP contribution in [0.15, 0.2) is 24.5 Å². The number of piperidine rings is 3. The largest absolute Gasteiger partial charge is 0.396 e. The van der Waals surface area contributed by atoms with E-state index in [4.69, 9.17) is 0 Å². The summed E-state index contributed by atoms with van der Waals surface area (Å²) in [5.74, 6) is 0.918. The van der Waals surface area contributed by atoms with E-state index in [0.29, 0.717) is 17.9 Å². The second-order valence-corrected chi connectivity index (χ2v) is 9.15. The fourth-order valence-corrected chi connectivity index (χ4v) is 5.33. The van der Waals surface area contributed by atoms with Crippen molar-refractivity contribution in [3.63, 3.8) is 0 Å². The zero-order valence-electron chi connectivity index (χ0n) is 17.6. The van der Waals surface area contributed by atoms with Gasteiger partial charge < -0.3 is 10.0 Å². The van der Waals surface area contributed by atoms with Crippen LogP contribution >= 0.6 is 0 Å². The Balaban J connectivity index is 1.24. The van der Waals surface area contributed by atoms with E-state index in [2.05, 4.69) is 25.8 Å². The van der Waals surface area contributed by atoms with Gasteiger partial charge in [-0.3, -0.25) is 19.6 Å². The molecule has 0 aliphatic carbocycles. The second-order valence-electron chi connectivity index (χ2n) is 9.15. The summed E-state index contributed by atoms with van der Waals surface area (Å²) in [5, 5.41) is 9.33. The van der Waals surface area contributed by atoms with E-state index in [1.807, 2.05) is 18.5 Å². The predicted molar refractivity (Wildman–Crippen MR) is 113 cm³/mol. The number of hydrogen-bond donors (Lipinski definition) is 1. The fourth-order valence-electron chi connectivity index (χ4n) is 5.33. The van der Waals surface area contributed by atoms with Crippen molar-refractivity contribution < 1.29 is 9.90 Å². The molecule has 6 heteroatoms. The van der Waals surface area contributed by atoms with Crippen molar-refractivity contribution in [3.8, 4) is 0 Å². The third-order valence-electron chi connectivity index (χ3n) is 7.19. The minimum Gasteiger partial charge on any atom is -0.396 e. The van der Waals surface area contributed by atoms with E-state index in [1.54, 1.807) is 0 Å². The highest BCUT2D eigenvalue weighted by atomic mass is 16.3. The van der Waals surface area contributed by atoms with E-state index in [-0.39, 0.29) is 12.5 Å². The van der Waals surface area contributed by atoms with E-state index >= 15 is 0 Å². The van der Waals surface area contributed by atoms with Gasteiger partial charge in [0.15, 0.2) is 0 Å². The lowest BCUT2D eigenvalue weighted by Gasteiger charge is -2.43. The number of nitrogens with zero attached hydrogens (tertiary/aromatic N) is 4. The molecule has 1 amide bonds. The van der Waals surface area contributed by atoms with Crippen molar-refractivity contribution in [2.75, 3.05) is 45.9 Å². The molecule has 6 nitrogen and oxygen atoms in total. The van der Waals surface area contributed by atoms with Crippen molar-refractivity contribution >= 4 is 5.91 Å². The molecule has 4 rings (SSSR count). The maximum atomic E-state index is 13.1. The summed E-state index contributed by atoms with van der Waals surface area (Å²) in [4.78, 5) is 24.5. The Bertz CT molecular complexity index is 640. The summed E-state index contributed by atoms with van der Waals surface area (Å²) in [5.41, 5.74) is 1.29. The van der Waals surface area contributed by atoms with Gasteiger partial charge >= 0.3 is 0 Å². The van der Waals surface area contributed by atoms with Gasteiger partial charge in [-0.05, 0) is 75.7 Å². The summed E-state index contributed by atoms with van der Waals surface area (Å²) in [6.45, 7) is 7.24. The van der Waals surface area contributed by atoms with Crippen molar-refractivity contribution in [1.82, 2.24) is 19.7 Å². The van der Waals surface area contributed by atoms with Gasteiger partial charge in [0.2, 0.25) is 5.91 Å². The highest BCUT2D eigenvalue weighted by Crippen LogP contribution is 2.27. The van der Waals surface area contributed by atoms with Gasteiger partial charge in [0.25, 0.3) is 0 Å². The van der Waals surface area contributed by atoms with E-state index in [1.165, 1.54) is 18.4 Å². The van der Waals surface area contributed by atoms with Crippen molar-refractivity contribution in [2.45, 2.75) is 51.1 Å². The van der Waals surface area contributed by atoms with Gasteiger partial charge in [-0.25, -0.2) is 0 Å². The molecule has 0 saturated carbocycles. The number of likely N-dealkylation sites (tertiary alicyclic amines) is 3. The summed E-state index contributed by atoms with van der Waals surface area (Å²) >= 11 is 0. The lowest BCUT2D eigenvalue weighted by Crippen LogP contribution is -2.52. The molecule has 0 unspecified atom stereocenters. The number of carbonyl (C=O) groups is 1. The highest BCUT2D eigenvalue weighted by molar-refractivity contribution is 5.79. The average molecular weight is 401 g/mol. The topological polar surface area (TPSA) is 59.9 Å². The normalized spacial score (nSPS) is 26.0. The zero-order valence-corrected chi connectivity index (χ0v) is 17.6. The number of hydrogen-bond acceptors (Lipinski definition) is 5. The van der Waals surface area contributed by atoms with Crippen LogP contribution in [0.3, 0.4) is 0 Å². The molecular weight excluding hydrogens is 364 g/mol. The molecule has 0 bridgehead atoms. The van der Waals surface area contributed by atoms with Crippen molar-refractivity contribution in [2.24, 2.45) is 11.8 Å². The van der Waals surface area contributed by atoms with Crippen LogP contribution in [0.5, 0.6) is 0 Å². The molecule has 3 aliphatic rings. The molecule has 3 fully saturated rings. The van der Waals surface area contributed by atoms with Gasteiger partial charge in [0, 0.05) is 51.2 Å². The monoisotopic (exact) mass is 400 g/mol. The number of carbonyl (C=O) groups excluding carboxylic acids is 1. The van der Waals surface area contributed by atoms with Crippen molar-refractivity contribution in [1.29, 1.82) is 0 Å². The minimum atomic E-state index is 0.169. The van der Waals surface area contributed by atoms with Crippen LogP contribution < -0.4 is 0 Å². The van der Waals surface area contributed by atoms with E-state index in [0.717, 1.165) is 71.5 Å². The SMILES string of the molecule is O=C([C@H]1CCCN(C2CCN(Cc3cccnc3)CC2)C1)N1CCC(CO)CC1. The third-order valence-corrected chi connectivity index (χ3v) is 7.19. The molecule has 4 heterocycles. The Hall–Kier alpha value is -1.50. The Morgan fingerprint density at radius 2 is 1.86 bits per heavy atom. The Kier molecular flexibility index (Phi) is 7.16. The molecule has 1 aromatic heterocycles. The molecule has 0 aromatic carbocycles. The lowest BCUT2D eigenvalue weighted by atomic mass is 9.91. The Morgan fingerprint density at radius 1 is 1.07 bits per heavy atom. The summed E-state index contributed by atoms with van der Waals surface area (Å²) in [6.07, 6.45) is 10.3.